The van der Waals surface area contributed by atoms with Gasteiger partial charge in [-0.25, -0.2) is 9.97 Å². The molecule has 0 unspecified atom stereocenters. The molecule has 0 amide bonds. The standard InChI is InChI=1S/C26H44N6O4/c1-4-6-7-8-9-10-11-12-22(33)36-17-20(13-14-35-25(34)23(27)19(3)5-2)16-32-18-30-21-15-29-26(28)31-24(21)32/h15,18-20,23H,4-14,16-17,27H2,1-3H3,(H2,28,29,31)/t19-,20+,23-/m0/s1. The van der Waals surface area contributed by atoms with E-state index in [0.29, 0.717) is 30.6 Å². The van der Waals surface area contributed by atoms with Crippen LogP contribution < -0.4 is 11.5 Å². The van der Waals surface area contributed by atoms with Gasteiger partial charge < -0.3 is 25.5 Å². The third-order valence-electron chi connectivity index (χ3n) is 6.60. The second kappa shape index (κ2) is 16.1. The minimum Gasteiger partial charge on any atom is -0.465 e. The molecule has 0 saturated carbocycles. The highest BCUT2D eigenvalue weighted by Crippen LogP contribution is 2.16. The molecular weight excluding hydrogens is 460 g/mol. The summed E-state index contributed by atoms with van der Waals surface area (Å²) in [6, 6.07) is -0.648. The first-order chi connectivity index (χ1) is 17.3. The summed E-state index contributed by atoms with van der Waals surface area (Å²) in [5, 5.41) is 0. The van der Waals surface area contributed by atoms with Crippen molar-refractivity contribution in [1.29, 1.82) is 0 Å². The molecule has 2 aromatic rings. The summed E-state index contributed by atoms with van der Waals surface area (Å²) >= 11 is 0. The van der Waals surface area contributed by atoms with Crippen LogP contribution in [0.1, 0.15) is 85.0 Å². The maximum atomic E-state index is 12.3. The van der Waals surface area contributed by atoms with Gasteiger partial charge in [-0.3, -0.25) is 9.59 Å². The molecule has 0 spiro atoms. The van der Waals surface area contributed by atoms with Gasteiger partial charge in [0.05, 0.1) is 25.7 Å². The Morgan fingerprint density at radius 1 is 1.06 bits per heavy atom. The van der Waals surface area contributed by atoms with Crippen LogP contribution in [0, 0.1) is 11.8 Å². The van der Waals surface area contributed by atoms with E-state index in [9.17, 15) is 9.59 Å². The van der Waals surface area contributed by atoms with E-state index in [0.717, 1.165) is 25.7 Å². The number of aromatic nitrogens is 4. The highest BCUT2D eigenvalue weighted by Gasteiger charge is 2.22. The molecule has 2 heterocycles. The highest BCUT2D eigenvalue weighted by atomic mass is 16.5. The molecule has 10 heteroatoms. The zero-order valence-electron chi connectivity index (χ0n) is 22.2. The fraction of sp³-hybridized carbons (Fsp3) is 0.731. The number of imidazole rings is 1. The summed E-state index contributed by atoms with van der Waals surface area (Å²) in [6.45, 7) is 6.99. The van der Waals surface area contributed by atoms with Gasteiger partial charge in [0.1, 0.15) is 11.6 Å². The van der Waals surface area contributed by atoms with E-state index in [1.54, 1.807) is 12.5 Å². The number of esters is 2. The van der Waals surface area contributed by atoms with Crippen LogP contribution in [0.2, 0.25) is 0 Å². The highest BCUT2D eigenvalue weighted by molar-refractivity contribution is 5.75. The molecule has 0 bridgehead atoms. The number of nitrogens with two attached hydrogens (primary N) is 2. The molecule has 0 aliphatic carbocycles. The summed E-state index contributed by atoms with van der Waals surface area (Å²) in [5.41, 5.74) is 13.0. The number of carbonyl (C=O) groups is 2. The largest absolute Gasteiger partial charge is 0.465 e. The monoisotopic (exact) mass is 504 g/mol. The summed E-state index contributed by atoms with van der Waals surface area (Å²) in [6.07, 6.45) is 13.0. The molecule has 202 valence electrons. The van der Waals surface area contributed by atoms with Crippen LogP contribution in [0.5, 0.6) is 0 Å². The minimum atomic E-state index is -0.648. The summed E-state index contributed by atoms with van der Waals surface area (Å²) in [5.74, 6) is -0.513. The number of hydrogen-bond donors (Lipinski definition) is 2. The predicted molar refractivity (Wildman–Crippen MR) is 140 cm³/mol. The molecular formula is C26H44N6O4. The molecule has 0 aliphatic rings. The number of ether oxygens (including phenoxy) is 2. The topological polar surface area (TPSA) is 148 Å². The first-order valence-corrected chi connectivity index (χ1v) is 13.4. The number of anilines is 1. The minimum absolute atomic E-state index is 0.0448. The summed E-state index contributed by atoms with van der Waals surface area (Å²) in [4.78, 5) is 37.2. The molecule has 2 rings (SSSR count). The Morgan fingerprint density at radius 3 is 2.50 bits per heavy atom. The van der Waals surface area contributed by atoms with E-state index >= 15 is 0 Å². The Morgan fingerprint density at radius 2 is 1.78 bits per heavy atom. The van der Waals surface area contributed by atoms with Crippen LogP contribution in [0.4, 0.5) is 5.95 Å². The van der Waals surface area contributed by atoms with Crippen LogP contribution in [0.3, 0.4) is 0 Å². The lowest BCUT2D eigenvalue weighted by molar-refractivity contribution is -0.149. The number of hydrogen-bond acceptors (Lipinski definition) is 9. The van der Waals surface area contributed by atoms with Crippen molar-refractivity contribution in [3.63, 3.8) is 0 Å². The van der Waals surface area contributed by atoms with Crippen molar-refractivity contribution in [2.75, 3.05) is 18.9 Å². The van der Waals surface area contributed by atoms with Gasteiger partial charge >= 0.3 is 11.9 Å². The van der Waals surface area contributed by atoms with Gasteiger partial charge in [-0.2, -0.15) is 4.98 Å². The van der Waals surface area contributed by atoms with Crippen LogP contribution >= 0.6 is 0 Å². The molecule has 36 heavy (non-hydrogen) atoms. The zero-order valence-corrected chi connectivity index (χ0v) is 22.2. The number of rotatable bonds is 18. The van der Waals surface area contributed by atoms with E-state index in [1.807, 2.05) is 18.4 Å². The predicted octanol–water partition coefficient (Wildman–Crippen LogP) is 4.02. The molecule has 4 N–H and O–H groups in total. The van der Waals surface area contributed by atoms with Gasteiger partial charge in [-0.05, 0) is 18.8 Å². The smallest absolute Gasteiger partial charge is 0.323 e. The first kappa shape index (κ1) is 29.5. The third-order valence-corrected chi connectivity index (χ3v) is 6.60. The summed E-state index contributed by atoms with van der Waals surface area (Å²) < 4.78 is 12.9. The molecule has 0 fully saturated rings. The van der Waals surface area contributed by atoms with Gasteiger partial charge in [-0.15, -0.1) is 0 Å². The van der Waals surface area contributed by atoms with Gasteiger partial charge in [0, 0.05) is 18.9 Å². The number of nitrogens with zero attached hydrogens (tertiary/aromatic N) is 4. The van der Waals surface area contributed by atoms with Crippen molar-refractivity contribution in [2.24, 2.45) is 17.6 Å². The van der Waals surface area contributed by atoms with E-state index in [1.165, 1.54) is 25.7 Å². The third kappa shape index (κ3) is 10.1. The second-order valence-corrected chi connectivity index (χ2v) is 9.62. The Kier molecular flexibility index (Phi) is 13.2. The Balaban J connectivity index is 1.89. The average Bonchev–Trinajstić information content (AvgIpc) is 3.26. The average molecular weight is 505 g/mol. The van der Waals surface area contributed by atoms with Gasteiger partial charge in [0.15, 0.2) is 5.65 Å². The lowest BCUT2D eigenvalue weighted by Crippen LogP contribution is -2.38. The second-order valence-electron chi connectivity index (χ2n) is 9.62. The zero-order chi connectivity index (χ0) is 26.3. The van der Waals surface area contributed by atoms with Gasteiger partial charge in [-0.1, -0.05) is 65.7 Å². The van der Waals surface area contributed by atoms with Crippen molar-refractivity contribution in [1.82, 2.24) is 19.5 Å². The van der Waals surface area contributed by atoms with Crippen LogP contribution in [0.25, 0.3) is 11.2 Å². The van der Waals surface area contributed by atoms with Crippen molar-refractivity contribution in [2.45, 2.75) is 97.6 Å². The van der Waals surface area contributed by atoms with Crippen molar-refractivity contribution < 1.29 is 19.1 Å². The van der Waals surface area contributed by atoms with Gasteiger partial charge in [0.25, 0.3) is 0 Å². The molecule has 10 nitrogen and oxygen atoms in total. The first-order valence-electron chi connectivity index (χ1n) is 13.4. The number of fused-ring (bicyclic) bond motifs is 1. The van der Waals surface area contributed by atoms with E-state index < -0.39 is 12.0 Å². The fourth-order valence-corrected chi connectivity index (χ4v) is 3.93. The SMILES string of the molecule is CCCCCCCCCC(=O)OC[C@H](CCOC(=O)[C@@H](N)[C@@H](C)CC)Cn1cnc2cnc(N)nc21. The molecule has 0 aliphatic heterocycles. The van der Waals surface area contributed by atoms with Crippen LogP contribution in [0.15, 0.2) is 12.5 Å². The van der Waals surface area contributed by atoms with Crippen molar-refractivity contribution in [3.8, 4) is 0 Å². The van der Waals surface area contributed by atoms with Gasteiger partial charge in [0.2, 0.25) is 5.95 Å². The maximum absolute atomic E-state index is 12.3. The van der Waals surface area contributed by atoms with Crippen LogP contribution in [-0.2, 0) is 25.6 Å². The summed E-state index contributed by atoms with van der Waals surface area (Å²) in [7, 11) is 0. The molecule has 2 aromatic heterocycles. The number of unbranched alkanes of at least 4 members (excludes halogenated alkanes) is 6. The fourth-order valence-electron chi connectivity index (χ4n) is 3.93. The molecule has 3 atom stereocenters. The Bertz CT molecular complexity index is 934. The molecule has 0 saturated heterocycles. The quantitative estimate of drug-likeness (QED) is 0.227. The Labute approximate surface area is 214 Å². The molecule has 0 radical (unpaired) electrons. The number of carbonyl (C=O) groups excluding carboxylic acids is 2. The Hall–Kier alpha value is -2.75. The van der Waals surface area contributed by atoms with Crippen molar-refractivity contribution >= 4 is 29.1 Å². The lowest BCUT2D eigenvalue weighted by Gasteiger charge is -2.20. The van der Waals surface area contributed by atoms with Crippen LogP contribution in [-0.4, -0.2) is 50.7 Å². The van der Waals surface area contributed by atoms with E-state index in [2.05, 4.69) is 21.9 Å². The number of nitrogen functional groups attached to an aromatic ring is 1. The van der Waals surface area contributed by atoms with E-state index in [-0.39, 0.29) is 37.0 Å². The maximum Gasteiger partial charge on any atom is 0.323 e. The normalized spacial score (nSPS) is 13.9. The van der Waals surface area contributed by atoms with E-state index in [4.69, 9.17) is 20.9 Å². The van der Waals surface area contributed by atoms with Crippen molar-refractivity contribution in [3.05, 3.63) is 12.5 Å². The molecule has 0 aromatic carbocycles. The lowest BCUT2D eigenvalue weighted by atomic mass is 10.0.